The lowest BCUT2D eigenvalue weighted by atomic mass is 9.65. The average molecular weight is 273 g/mol. The Kier molecular flexibility index (Phi) is 2.58. The summed E-state index contributed by atoms with van der Waals surface area (Å²) in [4.78, 5) is 14.8. The molecule has 2 aliphatic heterocycles. The highest BCUT2D eigenvalue weighted by Gasteiger charge is 2.56. The summed E-state index contributed by atoms with van der Waals surface area (Å²) in [5.74, 6) is 0.422. The molecule has 1 aromatic carbocycles. The van der Waals surface area contributed by atoms with Crippen LogP contribution >= 0.6 is 0 Å². The van der Waals surface area contributed by atoms with Crippen molar-refractivity contribution in [2.45, 2.75) is 50.2 Å². The number of phenolic OH excluding ortho intramolecular Hbond substituents is 1. The molecule has 2 fully saturated rings. The molecule has 3 aliphatic rings. The van der Waals surface area contributed by atoms with E-state index in [0.29, 0.717) is 0 Å². The number of hydrogen-bond donors (Lipinski definition) is 1. The van der Waals surface area contributed by atoms with Gasteiger partial charge in [0.05, 0.1) is 11.1 Å². The first-order valence-corrected chi connectivity index (χ1v) is 7.51. The number of amides is 1. The number of rotatable bonds is 1. The zero-order valence-corrected chi connectivity index (χ0v) is 11.5. The Morgan fingerprint density at radius 3 is 2.75 bits per heavy atom. The molecule has 1 aliphatic carbocycles. The van der Waals surface area contributed by atoms with Crippen molar-refractivity contribution >= 4 is 11.6 Å². The van der Waals surface area contributed by atoms with Gasteiger partial charge >= 0.3 is 0 Å². The first kappa shape index (κ1) is 12.2. The summed E-state index contributed by atoms with van der Waals surface area (Å²) in [7, 11) is 0. The van der Waals surface area contributed by atoms with Gasteiger partial charge in [0.25, 0.3) is 0 Å². The quantitative estimate of drug-likeness (QED) is 0.856. The molecule has 1 aromatic rings. The van der Waals surface area contributed by atoms with Crippen LogP contribution in [0.3, 0.4) is 0 Å². The van der Waals surface area contributed by atoms with Crippen molar-refractivity contribution in [2.75, 3.05) is 11.5 Å². The summed E-state index contributed by atoms with van der Waals surface area (Å²) in [5.41, 5.74) is 1.57. The normalized spacial score (nSPS) is 27.5. The minimum Gasteiger partial charge on any atom is -0.508 e. The lowest BCUT2D eigenvalue weighted by Crippen LogP contribution is -2.50. The van der Waals surface area contributed by atoms with Crippen molar-refractivity contribution in [3.05, 3.63) is 23.8 Å². The molecule has 4 nitrogen and oxygen atoms in total. The van der Waals surface area contributed by atoms with Gasteiger partial charge in [0.2, 0.25) is 5.91 Å². The molecule has 1 saturated heterocycles. The van der Waals surface area contributed by atoms with E-state index < -0.39 is 0 Å². The van der Waals surface area contributed by atoms with Crippen molar-refractivity contribution in [2.24, 2.45) is 0 Å². The zero-order valence-electron chi connectivity index (χ0n) is 11.5. The summed E-state index contributed by atoms with van der Waals surface area (Å²) in [5, 5.41) is 9.77. The van der Waals surface area contributed by atoms with Gasteiger partial charge in [0.15, 0.2) is 0 Å². The van der Waals surface area contributed by atoms with Gasteiger partial charge in [-0.15, -0.1) is 0 Å². The fraction of sp³-hybridized carbons (Fsp3) is 0.562. The van der Waals surface area contributed by atoms with Crippen LogP contribution in [0, 0.1) is 0 Å². The maximum absolute atomic E-state index is 12.9. The fourth-order valence-corrected chi connectivity index (χ4v) is 3.80. The van der Waals surface area contributed by atoms with Crippen LogP contribution in [0.1, 0.15) is 44.1 Å². The molecule has 0 bridgehead atoms. The number of phenols is 1. The second kappa shape index (κ2) is 4.22. The van der Waals surface area contributed by atoms with Crippen molar-refractivity contribution in [3.8, 4) is 5.75 Å². The molecule has 1 atom stereocenters. The van der Waals surface area contributed by atoms with E-state index in [2.05, 4.69) is 0 Å². The minimum atomic E-state index is -0.380. The highest BCUT2D eigenvalue weighted by atomic mass is 16.5. The second-order valence-corrected chi connectivity index (χ2v) is 6.13. The fourth-order valence-electron chi connectivity index (χ4n) is 3.80. The standard InChI is InChI=1S/C16H19NO3/c18-11-5-6-13-12(10-11)16(7-3-8-16)15(19)17(13)14-4-1-2-9-20-14/h5-6,10,14,18H,1-4,7-9H2. The summed E-state index contributed by atoms with van der Waals surface area (Å²) in [6, 6.07) is 5.31. The van der Waals surface area contributed by atoms with Crippen LogP contribution in [0.15, 0.2) is 18.2 Å². The molecular weight excluding hydrogens is 254 g/mol. The lowest BCUT2D eigenvalue weighted by molar-refractivity contribution is -0.129. The number of anilines is 1. The number of hydrogen-bond acceptors (Lipinski definition) is 3. The highest BCUT2D eigenvalue weighted by molar-refractivity contribution is 6.09. The molecule has 1 saturated carbocycles. The van der Waals surface area contributed by atoms with Crippen LogP contribution in [0.5, 0.6) is 5.75 Å². The van der Waals surface area contributed by atoms with E-state index in [1.807, 2.05) is 11.0 Å². The number of carbonyl (C=O) groups excluding carboxylic acids is 1. The van der Waals surface area contributed by atoms with Gasteiger partial charge in [0.1, 0.15) is 12.0 Å². The molecule has 106 valence electrons. The number of carbonyl (C=O) groups is 1. The Morgan fingerprint density at radius 2 is 2.10 bits per heavy atom. The third-order valence-corrected chi connectivity index (χ3v) is 5.03. The van der Waals surface area contributed by atoms with Crippen LogP contribution < -0.4 is 4.90 Å². The van der Waals surface area contributed by atoms with E-state index in [4.69, 9.17) is 4.74 Å². The van der Waals surface area contributed by atoms with Crippen LogP contribution in [-0.2, 0) is 14.9 Å². The third kappa shape index (κ3) is 1.48. The van der Waals surface area contributed by atoms with Gasteiger partial charge in [-0.1, -0.05) is 6.42 Å². The number of ether oxygens (including phenoxy) is 1. The monoisotopic (exact) mass is 273 g/mol. The predicted octanol–water partition coefficient (Wildman–Crippen LogP) is 2.69. The van der Waals surface area contributed by atoms with Crippen LogP contribution in [0.25, 0.3) is 0 Å². The van der Waals surface area contributed by atoms with Gasteiger partial charge in [-0.05, 0) is 55.9 Å². The number of aromatic hydroxyl groups is 1. The molecule has 1 N–H and O–H groups in total. The van der Waals surface area contributed by atoms with Gasteiger partial charge in [-0.2, -0.15) is 0 Å². The molecule has 1 spiro atoms. The Bertz CT molecular complexity index is 559. The Labute approximate surface area is 118 Å². The molecule has 4 rings (SSSR count). The zero-order chi connectivity index (χ0) is 13.7. The largest absolute Gasteiger partial charge is 0.508 e. The summed E-state index contributed by atoms with van der Waals surface area (Å²) < 4.78 is 5.82. The summed E-state index contributed by atoms with van der Waals surface area (Å²) in [6.45, 7) is 0.731. The Balaban J connectivity index is 1.79. The highest BCUT2D eigenvalue weighted by Crippen LogP contribution is 2.55. The molecule has 4 heteroatoms. The van der Waals surface area contributed by atoms with E-state index in [1.54, 1.807) is 12.1 Å². The van der Waals surface area contributed by atoms with Crippen molar-refractivity contribution < 1.29 is 14.6 Å². The average Bonchev–Trinajstić information content (AvgIpc) is 2.67. The van der Waals surface area contributed by atoms with Gasteiger partial charge < -0.3 is 9.84 Å². The maximum Gasteiger partial charge on any atom is 0.239 e. The van der Waals surface area contributed by atoms with Crippen LogP contribution in [-0.4, -0.2) is 23.8 Å². The smallest absolute Gasteiger partial charge is 0.239 e. The van der Waals surface area contributed by atoms with Gasteiger partial charge in [-0.3, -0.25) is 9.69 Å². The number of fused-ring (bicyclic) bond motifs is 2. The molecule has 0 aromatic heterocycles. The molecule has 2 heterocycles. The number of nitrogens with zero attached hydrogens (tertiary/aromatic N) is 1. The maximum atomic E-state index is 12.9. The first-order chi connectivity index (χ1) is 9.72. The first-order valence-electron chi connectivity index (χ1n) is 7.51. The van der Waals surface area contributed by atoms with Crippen molar-refractivity contribution in [3.63, 3.8) is 0 Å². The Hall–Kier alpha value is -1.55. The van der Waals surface area contributed by atoms with E-state index in [9.17, 15) is 9.90 Å². The van der Waals surface area contributed by atoms with Crippen molar-refractivity contribution in [1.82, 2.24) is 0 Å². The molecule has 20 heavy (non-hydrogen) atoms. The molecule has 0 radical (unpaired) electrons. The lowest BCUT2D eigenvalue weighted by Gasteiger charge is -2.38. The van der Waals surface area contributed by atoms with Gasteiger partial charge in [0, 0.05) is 6.61 Å². The minimum absolute atomic E-state index is 0.125. The summed E-state index contributed by atoms with van der Waals surface area (Å²) >= 11 is 0. The van der Waals surface area contributed by atoms with Crippen molar-refractivity contribution in [1.29, 1.82) is 0 Å². The SMILES string of the molecule is O=C1N(C2CCCCO2)c2ccc(O)cc2C12CCC2. The molecule has 1 unspecified atom stereocenters. The summed E-state index contributed by atoms with van der Waals surface area (Å²) in [6.07, 6.45) is 5.83. The third-order valence-electron chi connectivity index (χ3n) is 5.03. The van der Waals surface area contributed by atoms with E-state index >= 15 is 0 Å². The Morgan fingerprint density at radius 1 is 1.25 bits per heavy atom. The van der Waals surface area contributed by atoms with Crippen LogP contribution in [0.2, 0.25) is 0 Å². The van der Waals surface area contributed by atoms with Gasteiger partial charge in [-0.25, -0.2) is 0 Å². The topological polar surface area (TPSA) is 49.8 Å². The van der Waals surface area contributed by atoms with E-state index in [-0.39, 0.29) is 23.3 Å². The predicted molar refractivity (Wildman–Crippen MR) is 74.7 cm³/mol. The van der Waals surface area contributed by atoms with Crippen LogP contribution in [0.4, 0.5) is 5.69 Å². The van der Waals surface area contributed by atoms with E-state index in [0.717, 1.165) is 56.4 Å². The second-order valence-electron chi connectivity index (χ2n) is 6.13. The van der Waals surface area contributed by atoms with E-state index in [1.165, 1.54) is 0 Å². The number of benzene rings is 1. The molecular formula is C16H19NO3. The molecule has 1 amide bonds.